The van der Waals surface area contributed by atoms with E-state index in [0.717, 1.165) is 17.3 Å². The SMILES string of the molecule is COc1ccc(N(C)c2ccnc(Cl)n2)cc1. The summed E-state index contributed by atoms with van der Waals surface area (Å²) in [4.78, 5) is 9.92. The van der Waals surface area contributed by atoms with Crippen molar-refractivity contribution < 1.29 is 4.74 Å². The van der Waals surface area contributed by atoms with Crippen LogP contribution in [-0.2, 0) is 0 Å². The number of methoxy groups -OCH3 is 1. The summed E-state index contributed by atoms with van der Waals surface area (Å²) < 4.78 is 5.11. The zero-order valence-corrected chi connectivity index (χ0v) is 10.3. The molecule has 0 fully saturated rings. The zero-order valence-electron chi connectivity index (χ0n) is 9.59. The number of anilines is 2. The molecule has 2 rings (SSSR count). The lowest BCUT2D eigenvalue weighted by Gasteiger charge is -2.18. The summed E-state index contributed by atoms with van der Waals surface area (Å²) in [5, 5.41) is 0.239. The highest BCUT2D eigenvalue weighted by atomic mass is 35.5. The van der Waals surface area contributed by atoms with Gasteiger partial charge in [-0.3, -0.25) is 0 Å². The minimum absolute atomic E-state index is 0.239. The van der Waals surface area contributed by atoms with Crippen LogP contribution >= 0.6 is 11.6 Å². The number of benzene rings is 1. The molecule has 1 heterocycles. The Labute approximate surface area is 105 Å². The first-order valence-electron chi connectivity index (χ1n) is 5.07. The molecule has 0 radical (unpaired) electrons. The Hall–Kier alpha value is -1.81. The molecule has 0 unspecified atom stereocenters. The minimum Gasteiger partial charge on any atom is -0.497 e. The molecule has 0 saturated carbocycles. The van der Waals surface area contributed by atoms with Crippen LogP contribution in [-0.4, -0.2) is 24.1 Å². The molecular formula is C12H12ClN3O. The van der Waals surface area contributed by atoms with Crippen LogP contribution in [0.25, 0.3) is 0 Å². The summed E-state index contributed by atoms with van der Waals surface area (Å²) in [5.74, 6) is 1.57. The molecule has 0 bridgehead atoms. The highest BCUT2D eigenvalue weighted by Crippen LogP contribution is 2.24. The van der Waals surface area contributed by atoms with E-state index in [1.165, 1.54) is 0 Å². The number of rotatable bonds is 3. The molecular weight excluding hydrogens is 238 g/mol. The Morgan fingerprint density at radius 3 is 2.47 bits per heavy atom. The molecule has 0 aliphatic rings. The highest BCUT2D eigenvalue weighted by molar-refractivity contribution is 6.28. The fraction of sp³-hybridized carbons (Fsp3) is 0.167. The summed E-state index contributed by atoms with van der Waals surface area (Å²) in [7, 11) is 3.56. The maximum absolute atomic E-state index is 5.76. The van der Waals surface area contributed by atoms with Crippen molar-refractivity contribution in [3.05, 3.63) is 41.8 Å². The summed E-state index contributed by atoms with van der Waals surface area (Å²) in [5.41, 5.74) is 1.00. The topological polar surface area (TPSA) is 38.2 Å². The summed E-state index contributed by atoms with van der Waals surface area (Å²) in [6.07, 6.45) is 1.63. The van der Waals surface area contributed by atoms with E-state index in [0.29, 0.717) is 0 Å². The molecule has 0 saturated heterocycles. The molecule has 4 nitrogen and oxygen atoms in total. The molecule has 5 heteroatoms. The van der Waals surface area contributed by atoms with Gasteiger partial charge in [0.25, 0.3) is 0 Å². The quantitative estimate of drug-likeness (QED) is 0.784. The Kier molecular flexibility index (Phi) is 3.44. The normalized spacial score (nSPS) is 10.1. The van der Waals surface area contributed by atoms with E-state index < -0.39 is 0 Å². The van der Waals surface area contributed by atoms with Crippen molar-refractivity contribution in [3.8, 4) is 5.75 Å². The van der Waals surface area contributed by atoms with E-state index in [1.54, 1.807) is 19.4 Å². The van der Waals surface area contributed by atoms with Gasteiger partial charge in [-0.2, -0.15) is 0 Å². The monoisotopic (exact) mass is 249 g/mol. The molecule has 0 atom stereocenters. The summed E-state index contributed by atoms with van der Waals surface area (Å²) >= 11 is 5.76. The van der Waals surface area contributed by atoms with Crippen LogP contribution in [0.4, 0.5) is 11.5 Å². The predicted octanol–water partition coefficient (Wildman–Crippen LogP) is 2.91. The molecule has 0 N–H and O–H groups in total. The van der Waals surface area contributed by atoms with Crippen LogP contribution in [0.2, 0.25) is 5.28 Å². The molecule has 0 aliphatic carbocycles. The molecule has 88 valence electrons. The second-order valence-electron chi connectivity index (χ2n) is 3.44. The first-order valence-corrected chi connectivity index (χ1v) is 5.45. The fourth-order valence-electron chi connectivity index (χ4n) is 1.45. The van der Waals surface area contributed by atoms with E-state index >= 15 is 0 Å². The van der Waals surface area contributed by atoms with Gasteiger partial charge in [-0.05, 0) is 41.9 Å². The van der Waals surface area contributed by atoms with E-state index in [-0.39, 0.29) is 5.28 Å². The number of hydrogen-bond donors (Lipinski definition) is 0. The molecule has 2 aromatic rings. The van der Waals surface area contributed by atoms with Crippen molar-refractivity contribution in [2.75, 3.05) is 19.1 Å². The highest BCUT2D eigenvalue weighted by Gasteiger charge is 2.06. The maximum atomic E-state index is 5.76. The fourth-order valence-corrected chi connectivity index (χ4v) is 1.59. The van der Waals surface area contributed by atoms with Gasteiger partial charge in [-0.25, -0.2) is 9.97 Å². The van der Waals surface area contributed by atoms with Crippen LogP contribution in [0.15, 0.2) is 36.5 Å². The predicted molar refractivity (Wildman–Crippen MR) is 68.1 cm³/mol. The van der Waals surface area contributed by atoms with Crippen LogP contribution in [0.5, 0.6) is 5.75 Å². The van der Waals surface area contributed by atoms with Gasteiger partial charge in [-0.1, -0.05) is 0 Å². The smallest absolute Gasteiger partial charge is 0.224 e. The molecule has 0 aliphatic heterocycles. The first kappa shape index (κ1) is 11.7. The Morgan fingerprint density at radius 1 is 1.18 bits per heavy atom. The number of halogens is 1. The van der Waals surface area contributed by atoms with E-state index in [2.05, 4.69) is 9.97 Å². The standard InChI is InChI=1S/C12H12ClN3O/c1-16(11-7-8-14-12(13)15-11)9-3-5-10(17-2)6-4-9/h3-8H,1-2H3. The van der Waals surface area contributed by atoms with Crippen molar-refractivity contribution in [1.29, 1.82) is 0 Å². The van der Waals surface area contributed by atoms with Crippen LogP contribution in [0, 0.1) is 0 Å². The summed E-state index contributed by atoms with van der Waals surface area (Å²) in [6.45, 7) is 0. The van der Waals surface area contributed by atoms with Crippen molar-refractivity contribution in [3.63, 3.8) is 0 Å². The largest absolute Gasteiger partial charge is 0.497 e. The zero-order chi connectivity index (χ0) is 12.3. The first-order chi connectivity index (χ1) is 8.20. The Morgan fingerprint density at radius 2 is 1.88 bits per heavy atom. The Balaban J connectivity index is 2.27. The van der Waals surface area contributed by atoms with Gasteiger partial charge in [-0.15, -0.1) is 0 Å². The van der Waals surface area contributed by atoms with E-state index in [9.17, 15) is 0 Å². The number of ether oxygens (including phenoxy) is 1. The second-order valence-corrected chi connectivity index (χ2v) is 3.78. The van der Waals surface area contributed by atoms with Crippen LogP contribution in [0.1, 0.15) is 0 Å². The maximum Gasteiger partial charge on any atom is 0.224 e. The molecule has 1 aromatic heterocycles. The lowest BCUT2D eigenvalue weighted by molar-refractivity contribution is 0.415. The molecule has 1 aromatic carbocycles. The Bertz CT molecular complexity index is 501. The van der Waals surface area contributed by atoms with Crippen molar-refractivity contribution in [2.45, 2.75) is 0 Å². The van der Waals surface area contributed by atoms with Gasteiger partial charge >= 0.3 is 0 Å². The number of aromatic nitrogens is 2. The summed E-state index contributed by atoms with van der Waals surface area (Å²) in [6, 6.07) is 9.50. The van der Waals surface area contributed by atoms with Gasteiger partial charge in [0, 0.05) is 18.9 Å². The molecule has 0 amide bonds. The molecule has 0 spiro atoms. The lowest BCUT2D eigenvalue weighted by atomic mass is 10.3. The van der Waals surface area contributed by atoms with Gasteiger partial charge in [0.15, 0.2) is 0 Å². The van der Waals surface area contributed by atoms with E-state index in [1.807, 2.05) is 36.2 Å². The van der Waals surface area contributed by atoms with Crippen LogP contribution in [0.3, 0.4) is 0 Å². The number of nitrogens with zero attached hydrogens (tertiary/aromatic N) is 3. The lowest BCUT2D eigenvalue weighted by Crippen LogP contribution is -2.11. The third-order valence-corrected chi connectivity index (χ3v) is 2.60. The van der Waals surface area contributed by atoms with Gasteiger partial charge in [0.1, 0.15) is 11.6 Å². The molecule has 17 heavy (non-hydrogen) atoms. The van der Waals surface area contributed by atoms with Crippen LogP contribution < -0.4 is 9.64 Å². The minimum atomic E-state index is 0.239. The van der Waals surface area contributed by atoms with Crippen molar-refractivity contribution >= 4 is 23.1 Å². The average molecular weight is 250 g/mol. The number of hydrogen-bond acceptors (Lipinski definition) is 4. The van der Waals surface area contributed by atoms with Gasteiger partial charge in [0.2, 0.25) is 5.28 Å². The average Bonchev–Trinajstić information content (AvgIpc) is 2.38. The third kappa shape index (κ3) is 2.65. The van der Waals surface area contributed by atoms with Crippen molar-refractivity contribution in [2.24, 2.45) is 0 Å². The van der Waals surface area contributed by atoms with Gasteiger partial charge in [0.05, 0.1) is 7.11 Å². The second kappa shape index (κ2) is 5.01. The third-order valence-electron chi connectivity index (χ3n) is 2.41. The van der Waals surface area contributed by atoms with E-state index in [4.69, 9.17) is 16.3 Å². The van der Waals surface area contributed by atoms with Gasteiger partial charge < -0.3 is 9.64 Å². The van der Waals surface area contributed by atoms with Crippen molar-refractivity contribution in [1.82, 2.24) is 9.97 Å².